The fourth-order valence-electron chi connectivity index (χ4n) is 1.99. The summed E-state index contributed by atoms with van der Waals surface area (Å²) in [6, 6.07) is 7.91. The Bertz CT molecular complexity index is 479. The van der Waals surface area contributed by atoms with Gasteiger partial charge in [0, 0.05) is 36.2 Å². The minimum Gasteiger partial charge on any atom is -0.353 e. The topological polar surface area (TPSA) is 50.7 Å². The predicted octanol–water partition coefficient (Wildman–Crippen LogP) is 2.02. The molecule has 3 rings (SSSR count). The first-order valence-electron chi connectivity index (χ1n) is 5.81. The van der Waals surface area contributed by atoms with Crippen LogP contribution < -0.4 is 5.32 Å². The van der Waals surface area contributed by atoms with Gasteiger partial charge in [-0.15, -0.1) is 0 Å². The second kappa shape index (κ2) is 4.13. The summed E-state index contributed by atoms with van der Waals surface area (Å²) in [7, 11) is 0. The zero-order valence-electron chi connectivity index (χ0n) is 9.50. The molecule has 0 aliphatic heterocycles. The summed E-state index contributed by atoms with van der Waals surface area (Å²) < 4.78 is 0. The minimum atomic E-state index is 0.195. The minimum absolute atomic E-state index is 0.195. The van der Waals surface area contributed by atoms with Gasteiger partial charge in [-0.2, -0.15) is 0 Å². The molecule has 0 unspecified atom stereocenters. The number of hydrogen-bond acceptors (Lipinski definition) is 4. The highest BCUT2D eigenvalue weighted by Gasteiger charge is 2.45. The Hall–Kier alpha value is -1.97. The molecular weight excluding hydrogens is 212 g/mol. The van der Waals surface area contributed by atoms with Gasteiger partial charge in [-0.3, -0.25) is 4.98 Å². The summed E-state index contributed by atoms with van der Waals surface area (Å²) in [5.41, 5.74) is 1.36. The lowest BCUT2D eigenvalue weighted by Crippen LogP contribution is -2.21. The van der Waals surface area contributed by atoms with Crippen LogP contribution in [0.1, 0.15) is 18.5 Å². The van der Waals surface area contributed by atoms with E-state index in [0.29, 0.717) is 5.95 Å². The van der Waals surface area contributed by atoms with Gasteiger partial charge >= 0.3 is 0 Å². The van der Waals surface area contributed by atoms with Crippen LogP contribution in [0.2, 0.25) is 0 Å². The SMILES string of the molecule is c1ccc(C2(CNc3ncccn3)CC2)nc1. The summed E-state index contributed by atoms with van der Waals surface area (Å²) in [6.07, 6.45) is 7.72. The van der Waals surface area contributed by atoms with Crippen LogP contribution in [0.25, 0.3) is 0 Å². The summed E-state index contributed by atoms with van der Waals surface area (Å²) in [5, 5.41) is 3.28. The fourth-order valence-corrected chi connectivity index (χ4v) is 1.99. The van der Waals surface area contributed by atoms with Crippen molar-refractivity contribution in [3.63, 3.8) is 0 Å². The van der Waals surface area contributed by atoms with Gasteiger partial charge in [0.2, 0.25) is 5.95 Å². The summed E-state index contributed by atoms with van der Waals surface area (Å²) in [5.74, 6) is 0.690. The molecule has 2 heterocycles. The largest absolute Gasteiger partial charge is 0.353 e. The molecule has 0 amide bonds. The molecule has 2 aromatic heterocycles. The van der Waals surface area contributed by atoms with Gasteiger partial charge in [-0.05, 0) is 31.0 Å². The third-order valence-corrected chi connectivity index (χ3v) is 3.21. The maximum atomic E-state index is 4.44. The standard InChI is InChI=1S/C13H14N4/c1-2-7-14-11(4-1)13(5-6-13)10-17-12-15-8-3-9-16-12/h1-4,7-9H,5-6,10H2,(H,15,16,17). The Morgan fingerprint density at radius 2 is 1.76 bits per heavy atom. The van der Waals surface area contributed by atoms with Crippen LogP contribution in [-0.4, -0.2) is 21.5 Å². The lowest BCUT2D eigenvalue weighted by Gasteiger charge is -2.15. The molecule has 1 aliphatic rings. The first-order valence-corrected chi connectivity index (χ1v) is 5.81. The van der Waals surface area contributed by atoms with Crippen LogP contribution in [-0.2, 0) is 5.41 Å². The number of nitrogens with one attached hydrogen (secondary N) is 1. The zero-order chi connectivity index (χ0) is 11.6. The molecule has 0 atom stereocenters. The number of pyridine rings is 1. The quantitative estimate of drug-likeness (QED) is 0.866. The Kier molecular flexibility index (Phi) is 2.48. The van der Waals surface area contributed by atoms with Gasteiger partial charge in [-0.25, -0.2) is 9.97 Å². The van der Waals surface area contributed by atoms with Crippen LogP contribution in [0.15, 0.2) is 42.9 Å². The Balaban J connectivity index is 1.70. The van der Waals surface area contributed by atoms with Crippen LogP contribution in [0, 0.1) is 0 Å². The summed E-state index contributed by atoms with van der Waals surface area (Å²) in [6.45, 7) is 0.855. The van der Waals surface area contributed by atoms with E-state index < -0.39 is 0 Å². The molecule has 0 saturated heterocycles. The van der Waals surface area contributed by atoms with Crippen molar-refractivity contribution in [2.45, 2.75) is 18.3 Å². The van der Waals surface area contributed by atoms with Crippen LogP contribution in [0.3, 0.4) is 0 Å². The lowest BCUT2D eigenvalue weighted by molar-refractivity contribution is 0.698. The second-order valence-corrected chi connectivity index (χ2v) is 4.42. The average molecular weight is 226 g/mol. The van der Waals surface area contributed by atoms with Crippen molar-refractivity contribution in [3.05, 3.63) is 48.5 Å². The number of nitrogens with zero attached hydrogens (tertiary/aromatic N) is 3. The van der Waals surface area contributed by atoms with Crippen molar-refractivity contribution < 1.29 is 0 Å². The van der Waals surface area contributed by atoms with Crippen molar-refractivity contribution in [2.24, 2.45) is 0 Å². The van der Waals surface area contributed by atoms with E-state index in [0.717, 1.165) is 6.54 Å². The van der Waals surface area contributed by atoms with E-state index in [2.05, 4.69) is 26.3 Å². The first kappa shape index (κ1) is 10.2. The second-order valence-electron chi connectivity index (χ2n) is 4.42. The van der Waals surface area contributed by atoms with E-state index >= 15 is 0 Å². The van der Waals surface area contributed by atoms with Crippen molar-refractivity contribution >= 4 is 5.95 Å². The van der Waals surface area contributed by atoms with Crippen molar-refractivity contribution in [3.8, 4) is 0 Å². The number of rotatable bonds is 4. The molecule has 4 heteroatoms. The molecule has 1 fully saturated rings. The Morgan fingerprint density at radius 1 is 1.00 bits per heavy atom. The third-order valence-electron chi connectivity index (χ3n) is 3.21. The number of anilines is 1. The van der Waals surface area contributed by atoms with E-state index in [1.807, 2.05) is 24.4 Å². The van der Waals surface area contributed by atoms with Gasteiger partial charge < -0.3 is 5.32 Å². The molecular formula is C13H14N4. The lowest BCUT2D eigenvalue weighted by atomic mass is 10.0. The number of hydrogen-bond donors (Lipinski definition) is 1. The van der Waals surface area contributed by atoms with Gasteiger partial charge in [0.05, 0.1) is 0 Å². The monoisotopic (exact) mass is 226 g/mol. The van der Waals surface area contributed by atoms with E-state index in [1.165, 1.54) is 18.5 Å². The first-order chi connectivity index (χ1) is 8.39. The maximum absolute atomic E-state index is 4.44. The Morgan fingerprint density at radius 3 is 2.41 bits per heavy atom. The molecule has 4 nitrogen and oxygen atoms in total. The average Bonchev–Trinajstić information content (AvgIpc) is 3.20. The normalized spacial score (nSPS) is 16.5. The molecule has 86 valence electrons. The predicted molar refractivity (Wildman–Crippen MR) is 65.7 cm³/mol. The maximum Gasteiger partial charge on any atom is 0.222 e. The van der Waals surface area contributed by atoms with Crippen molar-refractivity contribution in [2.75, 3.05) is 11.9 Å². The van der Waals surface area contributed by atoms with Gasteiger partial charge in [0.15, 0.2) is 0 Å². The van der Waals surface area contributed by atoms with Gasteiger partial charge in [-0.1, -0.05) is 6.07 Å². The van der Waals surface area contributed by atoms with E-state index in [1.54, 1.807) is 12.4 Å². The van der Waals surface area contributed by atoms with Crippen LogP contribution in [0.4, 0.5) is 5.95 Å². The van der Waals surface area contributed by atoms with Crippen molar-refractivity contribution in [1.82, 2.24) is 15.0 Å². The molecule has 17 heavy (non-hydrogen) atoms. The molecule has 0 radical (unpaired) electrons. The Labute approximate surface area is 100 Å². The fraction of sp³-hybridized carbons (Fsp3) is 0.308. The highest BCUT2D eigenvalue weighted by Crippen LogP contribution is 2.46. The highest BCUT2D eigenvalue weighted by atomic mass is 15.1. The molecule has 2 aromatic rings. The van der Waals surface area contributed by atoms with Crippen LogP contribution in [0.5, 0.6) is 0 Å². The number of aromatic nitrogens is 3. The molecule has 0 aromatic carbocycles. The van der Waals surface area contributed by atoms with E-state index in [-0.39, 0.29) is 5.41 Å². The van der Waals surface area contributed by atoms with E-state index in [4.69, 9.17) is 0 Å². The highest BCUT2D eigenvalue weighted by molar-refractivity contribution is 5.31. The molecule has 0 spiro atoms. The molecule has 1 saturated carbocycles. The molecule has 1 N–H and O–H groups in total. The summed E-state index contributed by atoms with van der Waals surface area (Å²) in [4.78, 5) is 12.8. The smallest absolute Gasteiger partial charge is 0.222 e. The third kappa shape index (κ3) is 2.11. The van der Waals surface area contributed by atoms with Gasteiger partial charge in [0.25, 0.3) is 0 Å². The van der Waals surface area contributed by atoms with Crippen LogP contribution >= 0.6 is 0 Å². The zero-order valence-corrected chi connectivity index (χ0v) is 9.50. The van der Waals surface area contributed by atoms with Gasteiger partial charge in [0.1, 0.15) is 0 Å². The summed E-state index contributed by atoms with van der Waals surface area (Å²) >= 11 is 0. The molecule has 1 aliphatic carbocycles. The molecule has 0 bridgehead atoms. The van der Waals surface area contributed by atoms with Crippen molar-refractivity contribution in [1.29, 1.82) is 0 Å². The van der Waals surface area contributed by atoms with E-state index in [9.17, 15) is 0 Å².